The highest BCUT2D eigenvalue weighted by molar-refractivity contribution is 7.98. The van der Waals surface area contributed by atoms with E-state index in [1.165, 1.54) is 4.90 Å². The molecule has 100 valence electrons. The lowest BCUT2D eigenvalue weighted by Gasteiger charge is -2.23. The maximum atomic E-state index is 8.68. The predicted molar refractivity (Wildman–Crippen MR) is 78.5 cm³/mol. The largest absolute Gasteiger partial charge is 0.409 e. The summed E-state index contributed by atoms with van der Waals surface area (Å²) in [6.45, 7) is 4.70. The maximum Gasteiger partial charge on any atom is 0.144 e. The molecule has 0 radical (unpaired) electrons. The lowest BCUT2D eigenvalue weighted by molar-refractivity contribution is 0.306. The molecule has 0 aliphatic heterocycles. The topological polar surface area (TPSA) is 70.6 Å². The lowest BCUT2D eigenvalue weighted by atomic mass is 9.88. The van der Waals surface area contributed by atoms with Gasteiger partial charge in [0, 0.05) is 22.5 Å². The average Bonchev–Trinajstić information content (AvgIpc) is 2.38. The molecule has 0 atom stereocenters. The second-order valence-electron chi connectivity index (χ2n) is 4.77. The van der Waals surface area contributed by atoms with Crippen LogP contribution in [0.5, 0.6) is 0 Å². The van der Waals surface area contributed by atoms with Crippen molar-refractivity contribution in [2.75, 3.05) is 18.1 Å². The molecular weight excluding hydrogens is 246 g/mol. The number of benzene rings is 1. The van der Waals surface area contributed by atoms with Gasteiger partial charge < -0.3 is 16.3 Å². The van der Waals surface area contributed by atoms with Crippen LogP contribution in [0, 0.1) is 5.41 Å². The van der Waals surface area contributed by atoms with Crippen molar-refractivity contribution in [1.29, 1.82) is 0 Å². The first-order chi connectivity index (χ1) is 8.49. The third-order valence-corrected chi connectivity index (χ3v) is 3.71. The minimum absolute atomic E-state index is 0.266. The fraction of sp³-hybridized carbons (Fsp3) is 0.462. The Bertz CT molecular complexity index is 401. The van der Waals surface area contributed by atoms with Crippen LogP contribution < -0.4 is 11.1 Å². The predicted octanol–water partition coefficient (Wildman–Crippen LogP) is 2.98. The maximum absolute atomic E-state index is 8.68. The Morgan fingerprint density at radius 1 is 1.39 bits per heavy atom. The number of anilines is 1. The molecule has 1 aromatic carbocycles. The van der Waals surface area contributed by atoms with E-state index in [0.717, 1.165) is 18.7 Å². The summed E-state index contributed by atoms with van der Waals surface area (Å²) in [6.07, 6.45) is 2.86. The van der Waals surface area contributed by atoms with Crippen molar-refractivity contribution in [3.05, 3.63) is 24.3 Å². The fourth-order valence-corrected chi connectivity index (χ4v) is 1.90. The summed E-state index contributed by atoms with van der Waals surface area (Å²) in [5.41, 5.74) is 6.42. The Kier molecular flexibility index (Phi) is 5.34. The van der Waals surface area contributed by atoms with Crippen LogP contribution in [0.4, 0.5) is 5.69 Å². The molecule has 0 saturated heterocycles. The number of rotatable bonds is 6. The van der Waals surface area contributed by atoms with E-state index in [2.05, 4.69) is 41.0 Å². The van der Waals surface area contributed by atoms with Gasteiger partial charge in [0.25, 0.3) is 0 Å². The summed E-state index contributed by atoms with van der Waals surface area (Å²) >= 11 is 1.72. The van der Waals surface area contributed by atoms with Crippen LogP contribution in [-0.2, 0) is 0 Å². The fourth-order valence-electron chi connectivity index (χ4n) is 1.49. The quantitative estimate of drug-likeness (QED) is 0.244. The molecule has 0 spiro atoms. The Morgan fingerprint density at radius 3 is 2.50 bits per heavy atom. The van der Waals surface area contributed by atoms with Gasteiger partial charge in [-0.05, 0) is 36.9 Å². The summed E-state index contributed by atoms with van der Waals surface area (Å²) in [5.74, 6) is 0.266. The molecule has 0 bridgehead atoms. The van der Waals surface area contributed by atoms with Crippen molar-refractivity contribution < 1.29 is 5.21 Å². The van der Waals surface area contributed by atoms with E-state index < -0.39 is 0 Å². The minimum Gasteiger partial charge on any atom is -0.409 e. The number of nitrogens with two attached hydrogens (primary N) is 1. The summed E-state index contributed by atoms with van der Waals surface area (Å²) in [7, 11) is 0. The van der Waals surface area contributed by atoms with Crippen molar-refractivity contribution in [2.24, 2.45) is 16.3 Å². The second kappa shape index (κ2) is 6.54. The molecule has 1 aromatic rings. The summed E-state index contributed by atoms with van der Waals surface area (Å²) in [5, 5.41) is 15.1. The molecule has 0 aliphatic carbocycles. The van der Waals surface area contributed by atoms with Crippen molar-refractivity contribution in [3.8, 4) is 0 Å². The molecule has 5 heteroatoms. The zero-order valence-corrected chi connectivity index (χ0v) is 11.9. The average molecular weight is 267 g/mol. The van der Waals surface area contributed by atoms with Crippen LogP contribution in [0.3, 0.4) is 0 Å². The van der Waals surface area contributed by atoms with E-state index in [1.54, 1.807) is 11.8 Å². The molecule has 18 heavy (non-hydrogen) atoms. The number of hydrogen-bond donors (Lipinski definition) is 3. The van der Waals surface area contributed by atoms with Crippen LogP contribution in [0.2, 0.25) is 0 Å². The van der Waals surface area contributed by atoms with E-state index >= 15 is 0 Å². The Labute approximate surface area is 113 Å². The molecule has 4 nitrogen and oxygen atoms in total. The van der Waals surface area contributed by atoms with Gasteiger partial charge in [0.15, 0.2) is 0 Å². The monoisotopic (exact) mass is 267 g/mol. The van der Waals surface area contributed by atoms with Crippen molar-refractivity contribution in [2.45, 2.75) is 25.2 Å². The highest BCUT2D eigenvalue weighted by atomic mass is 32.2. The molecule has 0 unspecified atom stereocenters. The van der Waals surface area contributed by atoms with Crippen molar-refractivity contribution in [1.82, 2.24) is 0 Å². The molecule has 0 fully saturated rings. The van der Waals surface area contributed by atoms with Gasteiger partial charge in [0.1, 0.15) is 5.84 Å². The summed E-state index contributed by atoms with van der Waals surface area (Å²) in [4.78, 5) is 1.25. The van der Waals surface area contributed by atoms with Crippen LogP contribution in [-0.4, -0.2) is 23.8 Å². The molecule has 0 saturated carbocycles. The van der Waals surface area contributed by atoms with Gasteiger partial charge in [-0.2, -0.15) is 0 Å². The molecule has 0 amide bonds. The van der Waals surface area contributed by atoms with Crippen LogP contribution in [0.25, 0.3) is 0 Å². The Hall–Kier alpha value is -1.36. The number of nitrogens with zero attached hydrogens (tertiary/aromatic N) is 1. The zero-order chi connectivity index (χ0) is 13.6. The van der Waals surface area contributed by atoms with Gasteiger partial charge >= 0.3 is 0 Å². The highest BCUT2D eigenvalue weighted by Gasteiger charge is 2.22. The van der Waals surface area contributed by atoms with E-state index in [0.29, 0.717) is 0 Å². The molecule has 0 heterocycles. The first kappa shape index (κ1) is 14.7. The normalized spacial score (nSPS) is 12.5. The van der Waals surface area contributed by atoms with Gasteiger partial charge in [-0.3, -0.25) is 0 Å². The third kappa shape index (κ3) is 4.14. The van der Waals surface area contributed by atoms with E-state index in [4.69, 9.17) is 10.9 Å². The molecule has 4 N–H and O–H groups in total. The van der Waals surface area contributed by atoms with Crippen LogP contribution in [0.15, 0.2) is 34.3 Å². The van der Waals surface area contributed by atoms with Gasteiger partial charge in [0.05, 0.1) is 0 Å². The van der Waals surface area contributed by atoms with Gasteiger partial charge in [-0.15, -0.1) is 11.8 Å². The number of hydrogen-bond acceptors (Lipinski definition) is 4. The first-order valence-corrected chi connectivity index (χ1v) is 7.08. The standard InChI is InChI=1S/C13H21N3OS/c1-13(2,12(14)16-17)8-9-15-10-4-6-11(18-3)7-5-10/h4-7,15,17H,8-9H2,1-3H3,(H2,14,16). The summed E-state index contributed by atoms with van der Waals surface area (Å²) < 4.78 is 0. The van der Waals surface area contributed by atoms with Gasteiger partial charge in [0.2, 0.25) is 0 Å². The minimum atomic E-state index is -0.305. The van der Waals surface area contributed by atoms with E-state index in [1.807, 2.05) is 13.8 Å². The SMILES string of the molecule is CSc1ccc(NCCC(C)(C)C(N)=NO)cc1. The van der Waals surface area contributed by atoms with Gasteiger partial charge in [-0.1, -0.05) is 19.0 Å². The number of nitrogens with one attached hydrogen (secondary N) is 1. The number of oxime groups is 1. The lowest BCUT2D eigenvalue weighted by Crippen LogP contribution is -2.33. The van der Waals surface area contributed by atoms with Crippen molar-refractivity contribution >= 4 is 23.3 Å². The first-order valence-electron chi connectivity index (χ1n) is 5.85. The van der Waals surface area contributed by atoms with Crippen LogP contribution in [0.1, 0.15) is 20.3 Å². The van der Waals surface area contributed by atoms with Crippen LogP contribution >= 0.6 is 11.8 Å². The van der Waals surface area contributed by atoms with E-state index in [-0.39, 0.29) is 11.3 Å². The number of amidine groups is 1. The molecule has 0 aromatic heterocycles. The zero-order valence-electron chi connectivity index (χ0n) is 11.1. The van der Waals surface area contributed by atoms with E-state index in [9.17, 15) is 0 Å². The smallest absolute Gasteiger partial charge is 0.144 e. The summed E-state index contributed by atoms with van der Waals surface area (Å²) in [6, 6.07) is 8.29. The number of thioether (sulfide) groups is 1. The van der Waals surface area contributed by atoms with Gasteiger partial charge in [-0.25, -0.2) is 0 Å². The highest BCUT2D eigenvalue weighted by Crippen LogP contribution is 2.21. The molecule has 0 aliphatic rings. The Morgan fingerprint density at radius 2 is 2.00 bits per heavy atom. The second-order valence-corrected chi connectivity index (χ2v) is 5.65. The van der Waals surface area contributed by atoms with Crippen molar-refractivity contribution in [3.63, 3.8) is 0 Å². The Balaban J connectivity index is 2.46. The third-order valence-electron chi connectivity index (χ3n) is 2.97. The molecule has 1 rings (SSSR count). The molecular formula is C13H21N3OS.